The van der Waals surface area contributed by atoms with Crippen LogP contribution in [0, 0.1) is 6.92 Å². The van der Waals surface area contributed by atoms with Crippen LogP contribution in [0.15, 0.2) is 17.1 Å². The van der Waals surface area contributed by atoms with Gasteiger partial charge < -0.3 is 9.88 Å². The number of aromatic amines is 1. The molecule has 0 saturated carbocycles. The molecular weight excluding hydrogens is 216 g/mol. The molecule has 0 aliphatic heterocycles. The van der Waals surface area contributed by atoms with Crippen molar-refractivity contribution in [1.29, 1.82) is 0 Å². The third kappa shape index (κ3) is 2.83. The number of hydrogen-bond acceptors (Lipinski definition) is 2. The van der Waals surface area contributed by atoms with Gasteiger partial charge in [0, 0.05) is 37.4 Å². The quantitative estimate of drug-likeness (QED) is 0.785. The van der Waals surface area contributed by atoms with Crippen molar-refractivity contribution in [2.75, 3.05) is 19.5 Å². The van der Waals surface area contributed by atoms with Crippen molar-refractivity contribution in [3.63, 3.8) is 0 Å². The van der Waals surface area contributed by atoms with Crippen molar-refractivity contribution < 1.29 is 4.79 Å². The second-order valence-electron chi connectivity index (χ2n) is 3.31. The first-order chi connectivity index (χ1) is 7.06. The van der Waals surface area contributed by atoms with E-state index < -0.39 is 0 Å². The molecule has 0 fully saturated rings. The Morgan fingerprint density at radius 2 is 2.27 bits per heavy atom. The summed E-state index contributed by atoms with van der Waals surface area (Å²) in [6.45, 7) is 2.19. The van der Waals surface area contributed by atoms with Crippen LogP contribution in [-0.2, 0) is 0 Å². The molecular formula is C10H13ClN2O2. The summed E-state index contributed by atoms with van der Waals surface area (Å²) in [6, 6.07) is 1.40. The lowest BCUT2D eigenvalue weighted by Gasteiger charge is -2.14. The maximum absolute atomic E-state index is 11.7. The molecule has 0 aliphatic carbocycles. The molecule has 1 aromatic heterocycles. The zero-order chi connectivity index (χ0) is 11.4. The lowest BCUT2D eigenvalue weighted by atomic mass is 10.2. The number of hydrogen-bond donors (Lipinski definition) is 1. The van der Waals surface area contributed by atoms with E-state index in [0.29, 0.717) is 12.4 Å². The predicted octanol–water partition coefficient (Wildman–Crippen LogP) is 0.994. The lowest BCUT2D eigenvalue weighted by molar-refractivity contribution is 0.0801. The Hall–Kier alpha value is -1.29. The molecule has 0 radical (unpaired) electrons. The van der Waals surface area contributed by atoms with Crippen molar-refractivity contribution in [2.45, 2.75) is 6.92 Å². The van der Waals surface area contributed by atoms with E-state index in [1.54, 1.807) is 14.0 Å². The summed E-state index contributed by atoms with van der Waals surface area (Å²) >= 11 is 5.51. The van der Waals surface area contributed by atoms with E-state index in [0.717, 1.165) is 5.69 Å². The maximum atomic E-state index is 11.7. The third-order valence-corrected chi connectivity index (χ3v) is 2.22. The highest BCUT2D eigenvalue weighted by Gasteiger charge is 2.14. The number of amides is 1. The van der Waals surface area contributed by atoms with E-state index in [1.807, 2.05) is 0 Å². The average Bonchev–Trinajstić information content (AvgIpc) is 2.17. The van der Waals surface area contributed by atoms with E-state index in [-0.39, 0.29) is 16.9 Å². The van der Waals surface area contributed by atoms with Crippen molar-refractivity contribution >= 4 is 17.5 Å². The summed E-state index contributed by atoms with van der Waals surface area (Å²) in [7, 11) is 1.62. The highest BCUT2D eigenvalue weighted by molar-refractivity contribution is 6.18. The first-order valence-corrected chi connectivity index (χ1v) is 5.10. The Bertz CT molecular complexity index is 414. The van der Waals surface area contributed by atoms with Crippen LogP contribution in [0.5, 0.6) is 0 Å². The van der Waals surface area contributed by atoms with E-state index in [4.69, 9.17) is 11.6 Å². The summed E-state index contributed by atoms with van der Waals surface area (Å²) in [6.07, 6.45) is 1.44. The summed E-state index contributed by atoms with van der Waals surface area (Å²) in [4.78, 5) is 27.5. The molecule has 0 unspecified atom stereocenters. The molecule has 1 amide bonds. The Morgan fingerprint density at radius 1 is 1.60 bits per heavy atom. The highest BCUT2D eigenvalue weighted by Crippen LogP contribution is 1.98. The molecule has 0 saturated heterocycles. The van der Waals surface area contributed by atoms with Gasteiger partial charge in [-0.05, 0) is 6.92 Å². The predicted molar refractivity (Wildman–Crippen MR) is 59.5 cm³/mol. The fourth-order valence-electron chi connectivity index (χ4n) is 1.17. The zero-order valence-electron chi connectivity index (χ0n) is 8.71. The van der Waals surface area contributed by atoms with Crippen molar-refractivity contribution in [2.24, 2.45) is 0 Å². The molecule has 1 aromatic rings. The smallest absolute Gasteiger partial charge is 0.259 e. The first-order valence-electron chi connectivity index (χ1n) is 4.57. The molecule has 0 bridgehead atoms. The molecule has 1 N–H and O–H groups in total. The van der Waals surface area contributed by atoms with E-state index >= 15 is 0 Å². The highest BCUT2D eigenvalue weighted by atomic mass is 35.5. The standard InChI is InChI=1S/C10H13ClN2O2/c1-7-5-9(14)8(6-12-7)10(15)13(2)4-3-11/h5-6H,3-4H2,1-2H3,(H,12,14). The SMILES string of the molecule is Cc1cc(=O)c(C(=O)N(C)CCCl)c[nH]1. The van der Waals surface area contributed by atoms with Gasteiger partial charge in [0.05, 0.1) is 0 Å². The van der Waals surface area contributed by atoms with Crippen LogP contribution in [0.4, 0.5) is 0 Å². The lowest BCUT2D eigenvalue weighted by Crippen LogP contribution is -2.32. The fourth-order valence-corrected chi connectivity index (χ4v) is 1.43. The number of alkyl halides is 1. The summed E-state index contributed by atoms with van der Waals surface area (Å²) < 4.78 is 0. The van der Waals surface area contributed by atoms with Gasteiger partial charge >= 0.3 is 0 Å². The Morgan fingerprint density at radius 3 is 2.80 bits per heavy atom. The Kier molecular flexibility index (Phi) is 3.91. The van der Waals surface area contributed by atoms with Crippen LogP contribution in [-0.4, -0.2) is 35.3 Å². The number of carbonyl (C=O) groups excluding carboxylic acids is 1. The van der Waals surface area contributed by atoms with Gasteiger partial charge in [-0.2, -0.15) is 0 Å². The second kappa shape index (κ2) is 4.98. The Balaban J connectivity index is 2.96. The molecule has 0 aromatic carbocycles. The van der Waals surface area contributed by atoms with Crippen LogP contribution < -0.4 is 5.43 Å². The van der Waals surface area contributed by atoms with Crippen molar-refractivity contribution in [3.05, 3.63) is 33.7 Å². The minimum Gasteiger partial charge on any atom is -0.364 e. The van der Waals surface area contributed by atoms with Gasteiger partial charge in [-0.1, -0.05) is 0 Å². The molecule has 5 heteroatoms. The number of pyridine rings is 1. The normalized spacial score (nSPS) is 10.1. The maximum Gasteiger partial charge on any atom is 0.259 e. The number of nitrogens with one attached hydrogen (secondary N) is 1. The van der Waals surface area contributed by atoms with Crippen LogP contribution in [0.1, 0.15) is 16.1 Å². The fraction of sp³-hybridized carbons (Fsp3) is 0.400. The molecule has 15 heavy (non-hydrogen) atoms. The van der Waals surface area contributed by atoms with Gasteiger partial charge in [0.2, 0.25) is 0 Å². The summed E-state index contributed by atoms with van der Waals surface area (Å²) in [5.41, 5.74) is 0.613. The van der Waals surface area contributed by atoms with E-state index in [9.17, 15) is 9.59 Å². The van der Waals surface area contributed by atoms with Crippen molar-refractivity contribution in [1.82, 2.24) is 9.88 Å². The zero-order valence-corrected chi connectivity index (χ0v) is 9.47. The second-order valence-corrected chi connectivity index (χ2v) is 3.69. The first kappa shape index (κ1) is 11.8. The molecule has 1 rings (SSSR count). The van der Waals surface area contributed by atoms with Crippen LogP contribution >= 0.6 is 11.6 Å². The Labute approximate surface area is 92.9 Å². The van der Waals surface area contributed by atoms with Gasteiger partial charge in [-0.15, -0.1) is 11.6 Å². The van der Waals surface area contributed by atoms with Gasteiger partial charge in [0.25, 0.3) is 5.91 Å². The van der Waals surface area contributed by atoms with Crippen molar-refractivity contribution in [3.8, 4) is 0 Å². The third-order valence-electron chi connectivity index (χ3n) is 2.05. The molecule has 4 nitrogen and oxygen atoms in total. The number of rotatable bonds is 3. The van der Waals surface area contributed by atoms with Gasteiger partial charge in [0.1, 0.15) is 5.56 Å². The number of aryl methyl sites for hydroxylation is 1. The van der Waals surface area contributed by atoms with Crippen LogP contribution in [0.2, 0.25) is 0 Å². The minimum absolute atomic E-state index is 0.146. The van der Waals surface area contributed by atoms with E-state index in [1.165, 1.54) is 17.2 Å². The molecule has 0 spiro atoms. The molecule has 0 atom stereocenters. The van der Waals surface area contributed by atoms with E-state index in [2.05, 4.69) is 4.98 Å². The molecule has 1 heterocycles. The number of halogens is 1. The molecule has 82 valence electrons. The number of H-pyrrole nitrogens is 1. The summed E-state index contributed by atoms with van der Waals surface area (Å²) in [5, 5.41) is 0. The minimum atomic E-state index is -0.308. The topological polar surface area (TPSA) is 53.2 Å². The summed E-state index contributed by atoms with van der Waals surface area (Å²) in [5.74, 6) is 0.0448. The van der Waals surface area contributed by atoms with Gasteiger partial charge in [0.15, 0.2) is 5.43 Å². The molecule has 0 aliphatic rings. The largest absolute Gasteiger partial charge is 0.364 e. The van der Waals surface area contributed by atoms with Gasteiger partial charge in [-0.25, -0.2) is 0 Å². The van der Waals surface area contributed by atoms with Crippen LogP contribution in [0.25, 0.3) is 0 Å². The average molecular weight is 229 g/mol. The number of carbonyl (C=O) groups is 1. The monoisotopic (exact) mass is 228 g/mol. The van der Waals surface area contributed by atoms with Gasteiger partial charge in [-0.3, -0.25) is 9.59 Å². The van der Waals surface area contributed by atoms with Crippen LogP contribution in [0.3, 0.4) is 0 Å². The number of aromatic nitrogens is 1. The number of nitrogens with zero attached hydrogens (tertiary/aromatic N) is 1.